The average Bonchev–Trinajstić information content (AvgIpc) is 2.41. The van der Waals surface area contributed by atoms with E-state index in [1.165, 1.54) is 19.2 Å². The first-order valence-corrected chi connectivity index (χ1v) is 6.07. The number of nitrogens with one attached hydrogen (secondary N) is 2. The Bertz CT molecular complexity index is 629. The Hall–Kier alpha value is -2.56. The molecule has 0 fully saturated rings. The normalized spacial score (nSPS) is 9.95. The van der Waals surface area contributed by atoms with Crippen LogP contribution < -0.4 is 15.4 Å². The van der Waals surface area contributed by atoms with Gasteiger partial charge in [0.2, 0.25) is 0 Å². The van der Waals surface area contributed by atoms with Crippen molar-refractivity contribution in [2.75, 3.05) is 17.7 Å². The first kappa shape index (κ1) is 13.9. The Balaban J connectivity index is 2.12. The summed E-state index contributed by atoms with van der Waals surface area (Å²) in [5.74, 6) is 0.0538. The Kier molecular flexibility index (Phi) is 4.20. The predicted molar refractivity (Wildman–Crippen MR) is 76.8 cm³/mol. The Labute approximate surface area is 116 Å². The van der Waals surface area contributed by atoms with Crippen LogP contribution in [0.15, 0.2) is 42.5 Å². The van der Waals surface area contributed by atoms with Crippen molar-refractivity contribution < 1.29 is 13.9 Å². The molecule has 0 unspecified atom stereocenters. The van der Waals surface area contributed by atoms with Crippen molar-refractivity contribution in [2.45, 2.75) is 6.92 Å². The number of benzene rings is 2. The fourth-order valence-electron chi connectivity index (χ4n) is 1.76. The zero-order valence-electron chi connectivity index (χ0n) is 11.2. The van der Waals surface area contributed by atoms with Gasteiger partial charge < -0.3 is 15.4 Å². The van der Waals surface area contributed by atoms with E-state index in [0.29, 0.717) is 11.4 Å². The molecule has 0 aromatic heterocycles. The molecular formula is C15H15FN2O2. The quantitative estimate of drug-likeness (QED) is 0.894. The number of ether oxygens (including phenoxy) is 1. The van der Waals surface area contributed by atoms with Gasteiger partial charge in [0, 0.05) is 0 Å². The number of hydrogen-bond donors (Lipinski definition) is 2. The second kappa shape index (κ2) is 6.06. The number of carbonyl (C=O) groups is 1. The van der Waals surface area contributed by atoms with Crippen LogP contribution in [0.1, 0.15) is 5.56 Å². The molecule has 104 valence electrons. The summed E-state index contributed by atoms with van der Waals surface area (Å²) in [5, 5.41) is 5.09. The molecule has 0 aliphatic carbocycles. The highest BCUT2D eigenvalue weighted by atomic mass is 19.1. The lowest BCUT2D eigenvalue weighted by Crippen LogP contribution is -2.20. The summed E-state index contributed by atoms with van der Waals surface area (Å²) in [6, 6.07) is 10.9. The van der Waals surface area contributed by atoms with E-state index in [4.69, 9.17) is 4.74 Å². The number of amides is 2. The molecule has 0 bridgehead atoms. The van der Waals surface area contributed by atoms with Crippen molar-refractivity contribution in [3.8, 4) is 5.75 Å². The van der Waals surface area contributed by atoms with Gasteiger partial charge in [0.15, 0.2) is 0 Å². The lowest BCUT2D eigenvalue weighted by molar-refractivity contribution is 0.262. The number of carbonyl (C=O) groups excluding carboxylic acids is 1. The van der Waals surface area contributed by atoms with Gasteiger partial charge in [-0.3, -0.25) is 0 Å². The molecule has 20 heavy (non-hydrogen) atoms. The van der Waals surface area contributed by atoms with Crippen molar-refractivity contribution in [2.24, 2.45) is 0 Å². The lowest BCUT2D eigenvalue weighted by atomic mass is 10.2. The molecule has 0 spiro atoms. The first-order valence-electron chi connectivity index (χ1n) is 6.07. The zero-order valence-corrected chi connectivity index (χ0v) is 11.2. The second-order valence-corrected chi connectivity index (χ2v) is 4.26. The van der Waals surface area contributed by atoms with Gasteiger partial charge in [-0.25, -0.2) is 9.18 Å². The average molecular weight is 274 g/mol. The highest BCUT2D eigenvalue weighted by Gasteiger charge is 2.09. The van der Waals surface area contributed by atoms with Crippen molar-refractivity contribution in [3.05, 3.63) is 53.8 Å². The smallest absolute Gasteiger partial charge is 0.323 e. The number of anilines is 2. The molecule has 2 amide bonds. The van der Waals surface area contributed by atoms with E-state index in [1.807, 2.05) is 13.0 Å². The number of rotatable bonds is 3. The van der Waals surface area contributed by atoms with Crippen LogP contribution in [0.25, 0.3) is 0 Å². The van der Waals surface area contributed by atoms with Crippen LogP contribution in [-0.4, -0.2) is 13.1 Å². The van der Waals surface area contributed by atoms with Crippen LogP contribution in [-0.2, 0) is 0 Å². The molecule has 0 saturated carbocycles. The van der Waals surface area contributed by atoms with Crippen LogP contribution in [0, 0.1) is 12.7 Å². The summed E-state index contributed by atoms with van der Waals surface area (Å²) in [5.41, 5.74) is 1.63. The minimum atomic E-state index is -0.529. The fraction of sp³-hybridized carbons (Fsp3) is 0.133. The fourth-order valence-corrected chi connectivity index (χ4v) is 1.76. The maximum Gasteiger partial charge on any atom is 0.323 e. The molecular weight excluding hydrogens is 259 g/mol. The second-order valence-electron chi connectivity index (χ2n) is 4.26. The summed E-state index contributed by atoms with van der Waals surface area (Å²) >= 11 is 0. The van der Waals surface area contributed by atoms with Crippen LogP contribution in [0.3, 0.4) is 0 Å². The van der Waals surface area contributed by atoms with Gasteiger partial charge in [0.1, 0.15) is 11.6 Å². The summed E-state index contributed by atoms with van der Waals surface area (Å²) in [6.45, 7) is 1.90. The van der Waals surface area contributed by atoms with Crippen molar-refractivity contribution >= 4 is 17.4 Å². The van der Waals surface area contributed by atoms with Crippen molar-refractivity contribution in [3.63, 3.8) is 0 Å². The maximum atomic E-state index is 13.4. The third-order valence-electron chi connectivity index (χ3n) is 2.73. The van der Waals surface area contributed by atoms with E-state index in [1.54, 1.807) is 24.3 Å². The van der Waals surface area contributed by atoms with Gasteiger partial charge in [-0.05, 0) is 36.8 Å². The van der Waals surface area contributed by atoms with Crippen LogP contribution in [0.4, 0.5) is 20.6 Å². The predicted octanol–water partition coefficient (Wildman–Crippen LogP) is 3.79. The van der Waals surface area contributed by atoms with Crippen molar-refractivity contribution in [1.29, 1.82) is 0 Å². The minimum absolute atomic E-state index is 0.122. The van der Waals surface area contributed by atoms with Crippen LogP contribution in [0.2, 0.25) is 0 Å². The highest BCUT2D eigenvalue weighted by molar-refractivity contribution is 6.00. The molecule has 0 aliphatic heterocycles. The number of aryl methyl sites for hydroxylation is 1. The Morgan fingerprint density at radius 2 is 1.80 bits per heavy atom. The molecule has 0 radical (unpaired) electrons. The topological polar surface area (TPSA) is 50.4 Å². The van der Waals surface area contributed by atoms with Crippen molar-refractivity contribution in [1.82, 2.24) is 0 Å². The summed E-state index contributed by atoms with van der Waals surface area (Å²) < 4.78 is 18.6. The number of urea groups is 1. The molecule has 0 saturated heterocycles. The summed E-state index contributed by atoms with van der Waals surface area (Å²) in [6.07, 6.45) is 0. The first-order chi connectivity index (χ1) is 9.60. The number of methoxy groups -OCH3 is 1. The van der Waals surface area contributed by atoms with Crippen LogP contribution >= 0.6 is 0 Å². The number of para-hydroxylation sites is 1. The molecule has 0 heterocycles. The van der Waals surface area contributed by atoms with E-state index in [9.17, 15) is 9.18 Å². The molecule has 4 nitrogen and oxygen atoms in total. The molecule has 0 aliphatic rings. The van der Waals surface area contributed by atoms with Gasteiger partial charge in [0.25, 0.3) is 0 Å². The SMILES string of the molecule is COc1ccc(C)cc1NC(=O)Nc1ccccc1F. The van der Waals surface area contributed by atoms with Gasteiger partial charge >= 0.3 is 6.03 Å². The van der Waals surface area contributed by atoms with E-state index >= 15 is 0 Å². The minimum Gasteiger partial charge on any atom is -0.495 e. The molecule has 2 aromatic carbocycles. The van der Waals surface area contributed by atoms with Crippen LogP contribution in [0.5, 0.6) is 5.75 Å². The molecule has 2 aromatic rings. The number of halogens is 1. The van der Waals surface area contributed by atoms with E-state index in [2.05, 4.69) is 10.6 Å². The number of hydrogen-bond acceptors (Lipinski definition) is 2. The standard InChI is InChI=1S/C15H15FN2O2/c1-10-7-8-14(20-2)13(9-10)18-15(19)17-12-6-4-3-5-11(12)16/h3-9H,1-2H3,(H2,17,18,19). The maximum absolute atomic E-state index is 13.4. The Morgan fingerprint density at radius 1 is 1.10 bits per heavy atom. The molecule has 5 heteroatoms. The van der Waals surface area contributed by atoms with Gasteiger partial charge in [-0.2, -0.15) is 0 Å². The third-order valence-corrected chi connectivity index (χ3v) is 2.73. The van der Waals surface area contributed by atoms with E-state index < -0.39 is 11.8 Å². The monoisotopic (exact) mass is 274 g/mol. The third kappa shape index (κ3) is 3.26. The van der Waals surface area contributed by atoms with Gasteiger partial charge in [-0.15, -0.1) is 0 Å². The van der Waals surface area contributed by atoms with Gasteiger partial charge in [0.05, 0.1) is 18.5 Å². The highest BCUT2D eigenvalue weighted by Crippen LogP contribution is 2.25. The summed E-state index contributed by atoms with van der Waals surface area (Å²) in [4.78, 5) is 11.9. The van der Waals surface area contributed by atoms with E-state index in [-0.39, 0.29) is 5.69 Å². The molecule has 2 N–H and O–H groups in total. The molecule has 0 atom stereocenters. The molecule has 2 rings (SSSR count). The Morgan fingerprint density at radius 3 is 2.50 bits per heavy atom. The summed E-state index contributed by atoms with van der Waals surface area (Å²) in [7, 11) is 1.52. The largest absolute Gasteiger partial charge is 0.495 e. The zero-order chi connectivity index (χ0) is 14.5. The lowest BCUT2D eigenvalue weighted by Gasteiger charge is -2.12. The van der Waals surface area contributed by atoms with Gasteiger partial charge in [-0.1, -0.05) is 18.2 Å². The van der Waals surface area contributed by atoms with E-state index in [0.717, 1.165) is 5.56 Å².